The Bertz CT molecular complexity index is 799. The average molecular weight is 315 g/mol. The second-order valence-corrected chi connectivity index (χ2v) is 5.94. The van der Waals surface area contributed by atoms with Crippen LogP contribution in [-0.4, -0.2) is 19.6 Å². The molecular formula is C16H15ClN4O. The van der Waals surface area contributed by atoms with Gasteiger partial charge in [0.1, 0.15) is 23.2 Å². The highest BCUT2D eigenvalue weighted by Crippen LogP contribution is 2.34. The van der Waals surface area contributed by atoms with Crippen molar-refractivity contribution in [2.45, 2.75) is 25.9 Å². The number of aromatic nitrogens is 4. The van der Waals surface area contributed by atoms with Crippen molar-refractivity contribution in [3.05, 3.63) is 53.2 Å². The van der Waals surface area contributed by atoms with Crippen molar-refractivity contribution in [2.75, 3.05) is 0 Å². The summed E-state index contributed by atoms with van der Waals surface area (Å²) in [4.78, 5) is 4.23. The first-order valence-corrected chi connectivity index (χ1v) is 7.74. The Kier molecular flexibility index (Phi) is 3.42. The lowest BCUT2D eigenvalue weighted by Crippen LogP contribution is -2.00. The summed E-state index contributed by atoms with van der Waals surface area (Å²) in [6.07, 6.45) is 7.20. The van der Waals surface area contributed by atoms with Gasteiger partial charge in [0, 0.05) is 18.8 Å². The van der Waals surface area contributed by atoms with E-state index >= 15 is 0 Å². The number of pyridine rings is 2. The third-order valence-electron chi connectivity index (χ3n) is 3.82. The fourth-order valence-corrected chi connectivity index (χ4v) is 2.67. The Morgan fingerprint density at radius 3 is 2.91 bits per heavy atom. The molecule has 0 aromatic carbocycles. The molecule has 3 aromatic heterocycles. The van der Waals surface area contributed by atoms with Crippen LogP contribution in [0.1, 0.15) is 24.4 Å². The van der Waals surface area contributed by atoms with E-state index in [1.807, 2.05) is 34.9 Å². The lowest BCUT2D eigenvalue weighted by molar-refractivity contribution is 0.301. The average Bonchev–Trinajstić information content (AvgIpc) is 3.27. The molecule has 0 aliphatic heterocycles. The molecule has 22 heavy (non-hydrogen) atoms. The molecule has 1 aliphatic carbocycles. The minimum absolute atomic E-state index is 0.375. The summed E-state index contributed by atoms with van der Waals surface area (Å²) in [6, 6.07) is 7.58. The molecule has 1 aliphatic rings. The van der Waals surface area contributed by atoms with Gasteiger partial charge in [0.15, 0.2) is 5.65 Å². The van der Waals surface area contributed by atoms with Gasteiger partial charge >= 0.3 is 0 Å². The van der Waals surface area contributed by atoms with E-state index in [4.69, 9.17) is 16.3 Å². The predicted octanol–water partition coefficient (Wildman–Crippen LogP) is 3.31. The first-order valence-electron chi connectivity index (χ1n) is 7.36. The zero-order chi connectivity index (χ0) is 14.9. The van der Waals surface area contributed by atoms with E-state index in [1.54, 1.807) is 6.20 Å². The topological polar surface area (TPSA) is 52.3 Å². The Morgan fingerprint density at radius 1 is 1.23 bits per heavy atom. The lowest BCUT2D eigenvalue weighted by Gasteiger charge is -2.08. The maximum absolute atomic E-state index is 6.40. The molecule has 3 heterocycles. The highest BCUT2D eigenvalue weighted by Gasteiger charge is 2.24. The molecule has 0 unspecified atom stereocenters. The summed E-state index contributed by atoms with van der Waals surface area (Å²) in [6.45, 7) is 0.375. The van der Waals surface area contributed by atoms with Crippen LogP contribution in [0.5, 0.6) is 5.75 Å². The number of ether oxygens (including phenoxy) is 1. The number of hydrogen-bond donors (Lipinski definition) is 0. The van der Waals surface area contributed by atoms with E-state index in [0.29, 0.717) is 23.0 Å². The van der Waals surface area contributed by atoms with Gasteiger partial charge < -0.3 is 4.74 Å². The van der Waals surface area contributed by atoms with Crippen molar-refractivity contribution in [1.29, 1.82) is 0 Å². The monoisotopic (exact) mass is 314 g/mol. The minimum Gasteiger partial charge on any atom is -0.486 e. The van der Waals surface area contributed by atoms with E-state index in [2.05, 4.69) is 15.2 Å². The summed E-state index contributed by atoms with van der Waals surface area (Å²) in [5.74, 6) is 2.33. The SMILES string of the molecule is Clc1c(OCc2ccccn2)ccn2c(CC3CC3)nnc12. The van der Waals surface area contributed by atoms with Crippen LogP contribution in [0.2, 0.25) is 5.02 Å². The van der Waals surface area contributed by atoms with Crippen molar-refractivity contribution in [3.8, 4) is 5.75 Å². The number of nitrogens with zero attached hydrogens (tertiary/aromatic N) is 4. The van der Waals surface area contributed by atoms with Gasteiger partial charge in [-0.25, -0.2) is 0 Å². The van der Waals surface area contributed by atoms with E-state index in [1.165, 1.54) is 12.8 Å². The van der Waals surface area contributed by atoms with Gasteiger partial charge in [-0.3, -0.25) is 9.38 Å². The molecule has 0 atom stereocenters. The van der Waals surface area contributed by atoms with Crippen LogP contribution in [0.3, 0.4) is 0 Å². The molecule has 0 amide bonds. The van der Waals surface area contributed by atoms with Crippen LogP contribution in [-0.2, 0) is 13.0 Å². The molecule has 0 bridgehead atoms. The molecular weight excluding hydrogens is 300 g/mol. The predicted molar refractivity (Wildman–Crippen MR) is 83.0 cm³/mol. The van der Waals surface area contributed by atoms with Crippen LogP contribution in [0.25, 0.3) is 5.65 Å². The first kappa shape index (κ1) is 13.5. The third-order valence-corrected chi connectivity index (χ3v) is 4.18. The highest BCUT2D eigenvalue weighted by atomic mass is 35.5. The van der Waals surface area contributed by atoms with Gasteiger partial charge in [-0.2, -0.15) is 0 Å². The smallest absolute Gasteiger partial charge is 0.183 e. The summed E-state index contributed by atoms with van der Waals surface area (Å²) in [5.41, 5.74) is 1.50. The van der Waals surface area contributed by atoms with Crippen molar-refractivity contribution >= 4 is 17.2 Å². The van der Waals surface area contributed by atoms with Crippen molar-refractivity contribution in [2.24, 2.45) is 5.92 Å². The Hall–Kier alpha value is -2.14. The summed E-state index contributed by atoms with van der Waals surface area (Å²) >= 11 is 6.40. The van der Waals surface area contributed by atoms with E-state index < -0.39 is 0 Å². The molecule has 3 aromatic rings. The lowest BCUT2D eigenvalue weighted by atomic mass is 10.3. The van der Waals surface area contributed by atoms with Crippen LogP contribution in [0.4, 0.5) is 0 Å². The molecule has 0 saturated heterocycles. The van der Waals surface area contributed by atoms with Crippen LogP contribution < -0.4 is 4.74 Å². The Balaban J connectivity index is 1.58. The van der Waals surface area contributed by atoms with Gasteiger partial charge in [0.2, 0.25) is 0 Å². The zero-order valence-electron chi connectivity index (χ0n) is 11.9. The van der Waals surface area contributed by atoms with Crippen molar-refractivity contribution in [3.63, 3.8) is 0 Å². The van der Waals surface area contributed by atoms with E-state index in [9.17, 15) is 0 Å². The summed E-state index contributed by atoms with van der Waals surface area (Å²) in [7, 11) is 0. The molecule has 4 rings (SSSR count). The number of rotatable bonds is 5. The largest absolute Gasteiger partial charge is 0.486 e. The molecule has 6 heteroatoms. The van der Waals surface area contributed by atoms with Gasteiger partial charge in [-0.15, -0.1) is 10.2 Å². The van der Waals surface area contributed by atoms with Crippen molar-refractivity contribution < 1.29 is 4.74 Å². The van der Waals surface area contributed by atoms with E-state index in [0.717, 1.165) is 23.9 Å². The summed E-state index contributed by atoms with van der Waals surface area (Å²) in [5, 5.41) is 8.95. The fraction of sp³-hybridized carbons (Fsp3) is 0.312. The molecule has 5 nitrogen and oxygen atoms in total. The number of hydrogen-bond acceptors (Lipinski definition) is 4. The third kappa shape index (κ3) is 2.64. The first-order chi connectivity index (χ1) is 10.8. The molecule has 1 saturated carbocycles. The molecule has 0 spiro atoms. The Labute approximate surface area is 132 Å². The number of halogens is 1. The fourth-order valence-electron chi connectivity index (χ4n) is 2.42. The van der Waals surface area contributed by atoms with Crippen LogP contribution >= 0.6 is 11.6 Å². The maximum atomic E-state index is 6.40. The quantitative estimate of drug-likeness (QED) is 0.725. The van der Waals surface area contributed by atoms with Gasteiger partial charge in [-0.05, 0) is 37.0 Å². The highest BCUT2D eigenvalue weighted by molar-refractivity contribution is 6.34. The minimum atomic E-state index is 0.375. The maximum Gasteiger partial charge on any atom is 0.183 e. The standard InChI is InChI=1S/C16H15ClN4O/c17-15-13(22-10-12-3-1-2-7-18-12)6-8-21-14(9-11-4-5-11)19-20-16(15)21/h1-3,6-8,11H,4-5,9-10H2. The van der Waals surface area contributed by atoms with Crippen LogP contribution in [0, 0.1) is 5.92 Å². The second-order valence-electron chi connectivity index (χ2n) is 5.56. The van der Waals surface area contributed by atoms with Crippen molar-refractivity contribution in [1.82, 2.24) is 19.6 Å². The van der Waals surface area contributed by atoms with Gasteiger partial charge in [0.05, 0.1) is 5.69 Å². The zero-order valence-corrected chi connectivity index (χ0v) is 12.7. The molecule has 112 valence electrons. The second kappa shape index (κ2) is 5.57. The normalized spacial score (nSPS) is 14.4. The molecule has 0 N–H and O–H groups in total. The summed E-state index contributed by atoms with van der Waals surface area (Å²) < 4.78 is 7.71. The molecule has 0 radical (unpaired) electrons. The molecule has 1 fully saturated rings. The number of fused-ring (bicyclic) bond motifs is 1. The van der Waals surface area contributed by atoms with E-state index in [-0.39, 0.29) is 0 Å². The van der Waals surface area contributed by atoms with Gasteiger partial charge in [-0.1, -0.05) is 17.7 Å². The van der Waals surface area contributed by atoms with Gasteiger partial charge in [0.25, 0.3) is 0 Å². The van der Waals surface area contributed by atoms with Crippen LogP contribution in [0.15, 0.2) is 36.7 Å². The Morgan fingerprint density at radius 2 is 2.14 bits per heavy atom.